The van der Waals surface area contributed by atoms with E-state index in [0.717, 1.165) is 36.8 Å². The Labute approximate surface area is 230 Å². The molecule has 3 aromatic rings. The first-order valence-corrected chi connectivity index (χ1v) is 13.5. The Bertz CT molecular complexity index is 1220. The maximum atomic E-state index is 11.3. The number of hydrogen-bond donors (Lipinski definition) is 1. The lowest BCUT2D eigenvalue weighted by molar-refractivity contribution is -0.139. The van der Waals surface area contributed by atoms with E-state index < -0.39 is 12.6 Å². The van der Waals surface area contributed by atoms with Crippen LogP contribution in [-0.4, -0.2) is 23.8 Å². The SMILES string of the molecule is C=C(C)[C@H]1C[C@H](c2ccc(Cl)cc2)[C@H](CCCC)O[C@@H]1c1cc(Oc2ccccc2)ccc1OCC(=O)O. The molecule has 1 aliphatic rings. The van der Waals surface area contributed by atoms with Gasteiger partial charge in [0.15, 0.2) is 6.61 Å². The van der Waals surface area contributed by atoms with E-state index >= 15 is 0 Å². The van der Waals surface area contributed by atoms with Crippen molar-refractivity contribution in [2.45, 2.75) is 57.7 Å². The molecule has 1 N–H and O–H groups in total. The maximum absolute atomic E-state index is 11.3. The van der Waals surface area contributed by atoms with Crippen LogP contribution >= 0.6 is 11.6 Å². The Morgan fingerprint density at radius 3 is 2.47 bits per heavy atom. The molecule has 38 heavy (non-hydrogen) atoms. The Morgan fingerprint density at radius 2 is 1.82 bits per heavy atom. The molecule has 0 amide bonds. The lowest BCUT2D eigenvalue weighted by Gasteiger charge is -2.43. The Kier molecular flexibility index (Phi) is 9.48. The van der Waals surface area contributed by atoms with Gasteiger partial charge in [0, 0.05) is 22.4 Å². The summed E-state index contributed by atoms with van der Waals surface area (Å²) < 4.78 is 18.8. The largest absolute Gasteiger partial charge is 0.482 e. The predicted octanol–water partition coefficient (Wildman–Crippen LogP) is 8.59. The van der Waals surface area contributed by atoms with Crippen molar-refractivity contribution in [3.8, 4) is 17.2 Å². The summed E-state index contributed by atoms with van der Waals surface area (Å²) >= 11 is 6.18. The third-order valence-corrected chi connectivity index (χ3v) is 7.29. The van der Waals surface area contributed by atoms with Crippen molar-refractivity contribution in [2.24, 2.45) is 5.92 Å². The summed E-state index contributed by atoms with van der Waals surface area (Å²) in [5.74, 6) is 0.954. The minimum Gasteiger partial charge on any atom is -0.482 e. The van der Waals surface area contributed by atoms with Crippen LogP contribution in [0.1, 0.15) is 62.7 Å². The average molecular weight is 535 g/mol. The van der Waals surface area contributed by atoms with Gasteiger partial charge in [-0.25, -0.2) is 4.79 Å². The Hall–Kier alpha value is -3.28. The van der Waals surface area contributed by atoms with Crippen LogP contribution in [0.4, 0.5) is 0 Å². The van der Waals surface area contributed by atoms with Crippen molar-refractivity contribution in [1.29, 1.82) is 0 Å². The molecule has 6 heteroatoms. The van der Waals surface area contributed by atoms with Crippen LogP contribution in [0, 0.1) is 5.92 Å². The monoisotopic (exact) mass is 534 g/mol. The van der Waals surface area contributed by atoms with E-state index in [1.165, 1.54) is 5.56 Å². The van der Waals surface area contributed by atoms with Gasteiger partial charge in [-0.2, -0.15) is 0 Å². The second-order valence-electron chi connectivity index (χ2n) is 9.88. The van der Waals surface area contributed by atoms with Crippen LogP contribution < -0.4 is 9.47 Å². The summed E-state index contributed by atoms with van der Waals surface area (Å²) in [6.07, 6.45) is 3.48. The molecule has 0 spiro atoms. The van der Waals surface area contributed by atoms with E-state index in [-0.39, 0.29) is 24.0 Å². The van der Waals surface area contributed by atoms with E-state index in [1.54, 1.807) is 12.1 Å². The molecule has 1 heterocycles. The molecule has 0 radical (unpaired) electrons. The number of hydrogen-bond acceptors (Lipinski definition) is 4. The second-order valence-corrected chi connectivity index (χ2v) is 10.3. The Morgan fingerprint density at radius 1 is 1.08 bits per heavy atom. The summed E-state index contributed by atoms with van der Waals surface area (Å²) in [5, 5.41) is 9.99. The van der Waals surface area contributed by atoms with Crippen LogP contribution in [0.2, 0.25) is 5.02 Å². The first-order valence-electron chi connectivity index (χ1n) is 13.1. The molecule has 1 aliphatic heterocycles. The molecule has 0 aromatic heterocycles. The fraction of sp³-hybridized carbons (Fsp3) is 0.344. The van der Waals surface area contributed by atoms with Crippen LogP contribution in [0.5, 0.6) is 17.2 Å². The van der Waals surface area contributed by atoms with Crippen LogP contribution in [0.3, 0.4) is 0 Å². The second kappa shape index (κ2) is 13.0. The zero-order chi connectivity index (χ0) is 27.1. The molecule has 5 nitrogen and oxygen atoms in total. The third-order valence-electron chi connectivity index (χ3n) is 7.03. The van der Waals surface area contributed by atoms with E-state index in [0.29, 0.717) is 22.3 Å². The highest BCUT2D eigenvalue weighted by Crippen LogP contribution is 2.50. The lowest BCUT2D eigenvalue weighted by atomic mass is 9.74. The van der Waals surface area contributed by atoms with E-state index in [9.17, 15) is 9.90 Å². The lowest BCUT2D eigenvalue weighted by Crippen LogP contribution is -2.36. The predicted molar refractivity (Wildman–Crippen MR) is 150 cm³/mol. The molecule has 0 unspecified atom stereocenters. The topological polar surface area (TPSA) is 65.0 Å². The summed E-state index contributed by atoms with van der Waals surface area (Å²) in [6.45, 7) is 8.07. The quantitative estimate of drug-likeness (QED) is 0.249. The first kappa shape index (κ1) is 27.7. The highest BCUT2D eigenvalue weighted by atomic mass is 35.5. The van der Waals surface area contributed by atoms with Gasteiger partial charge in [-0.1, -0.05) is 73.9 Å². The van der Waals surface area contributed by atoms with Gasteiger partial charge in [-0.15, -0.1) is 0 Å². The summed E-state index contributed by atoms with van der Waals surface area (Å²) in [4.78, 5) is 11.3. The van der Waals surface area contributed by atoms with Gasteiger partial charge in [0.05, 0.1) is 12.2 Å². The van der Waals surface area contributed by atoms with Gasteiger partial charge < -0.3 is 19.3 Å². The fourth-order valence-electron chi connectivity index (χ4n) is 5.12. The minimum absolute atomic E-state index is 0.00675. The van der Waals surface area contributed by atoms with Gasteiger partial charge in [-0.3, -0.25) is 0 Å². The summed E-state index contributed by atoms with van der Waals surface area (Å²) in [5.41, 5.74) is 2.97. The summed E-state index contributed by atoms with van der Waals surface area (Å²) in [7, 11) is 0. The number of halogens is 1. The van der Waals surface area contributed by atoms with Crippen LogP contribution in [0.15, 0.2) is 84.9 Å². The fourth-order valence-corrected chi connectivity index (χ4v) is 5.25. The van der Waals surface area contributed by atoms with Crippen molar-refractivity contribution < 1.29 is 24.1 Å². The molecule has 0 aliphatic carbocycles. The zero-order valence-electron chi connectivity index (χ0n) is 21.9. The average Bonchev–Trinajstić information content (AvgIpc) is 2.91. The van der Waals surface area contributed by atoms with Gasteiger partial charge in [0.25, 0.3) is 0 Å². The van der Waals surface area contributed by atoms with Crippen molar-refractivity contribution in [2.75, 3.05) is 6.61 Å². The first-order chi connectivity index (χ1) is 18.4. The van der Waals surface area contributed by atoms with Gasteiger partial charge in [-0.05, 0) is 67.8 Å². The van der Waals surface area contributed by atoms with Crippen molar-refractivity contribution in [3.63, 3.8) is 0 Å². The van der Waals surface area contributed by atoms with Crippen molar-refractivity contribution >= 4 is 17.6 Å². The molecule has 0 bridgehead atoms. The van der Waals surface area contributed by atoms with Gasteiger partial charge >= 0.3 is 5.97 Å². The molecular weight excluding hydrogens is 500 g/mol. The molecule has 200 valence electrons. The number of aliphatic carboxylic acids is 1. The molecule has 4 atom stereocenters. The number of carboxylic acids is 1. The van der Waals surface area contributed by atoms with Gasteiger partial charge in [0.2, 0.25) is 0 Å². The smallest absolute Gasteiger partial charge is 0.341 e. The standard InChI is InChI=1S/C32H35ClO5/c1-4-5-11-30-27(22-12-14-23(33)15-13-22)19-26(21(2)3)32(38-30)28-18-25(37-24-9-7-6-8-10-24)16-17-29(28)36-20-31(34)35/h6-10,12-18,26-27,30,32H,2,4-5,11,19-20H2,1,3H3,(H,34,35)/t26-,27-,30+,32+/m1/s1. The molecule has 1 saturated heterocycles. The molecule has 4 rings (SSSR count). The van der Waals surface area contributed by atoms with Crippen LogP contribution in [0.25, 0.3) is 0 Å². The van der Waals surface area contributed by atoms with E-state index in [2.05, 4.69) is 25.6 Å². The number of rotatable bonds is 11. The highest BCUT2D eigenvalue weighted by Gasteiger charge is 2.40. The van der Waals surface area contributed by atoms with Crippen molar-refractivity contribution in [1.82, 2.24) is 0 Å². The molecule has 1 fully saturated rings. The molecular formula is C32H35ClO5. The van der Waals surface area contributed by atoms with E-state index in [4.69, 9.17) is 25.8 Å². The minimum atomic E-state index is -1.04. The Balaban J connectivity index is 1.73. The number of ether oxygens (including phenoxy) is 3. The number of unbranched alkanes of at least 4 members (excludes halogenated alkanes) is 1. The molecule has 3 aromatic carbocycles. The number of carbonyl (C=O) groups is 1. The maximum Gasteiger partial charge on any atom is 0.341 e. The zero-order valence-corrected chi connectivity index (χ0v) is 22.7. The number of para-hydroxylation sites is 1. The highest BCUT2D eigenvalue weighted by molar-refractivity contribution is 6.30. The number of benzene rings is 3. The van der Waals surface area contributed by atoms with Crippen LogP contribution in [-0.2, 0) is 9.53 Å². The third kappa shape index (κ3) is 6.97. The van der Waals surface area contributed by atoms with Gasteiger partial charge in [0.1, 0.15) is 17.2 Å². The number of carboxylic acid groups (broad SMARTS) is 1. The summed E-state index contributed by atoms with van der Waals surface area (Å²) in [6, 6.07) is 23.0. The van der Waals surface area contributed by atoms with E-state index in [1.807, 2.05) is 55.5 Å². The normalized spacial score (nSPS) is 21.0. The molecule has 0 saturated carbocycles. The van der Waals surface area contributed by atoms with Crippen molar-refractivity contribution in [3.05, 3.63) is 101 Å².